The van der Waals surface area contributed by atoms with Gasteiger partial charge in [0.15, 0.2) is 0 Å². The average molecular weight is 348 g/mol. The van der Waals surface area contributed by atoms with Crippen molar-refractivity contribution < 1.29 is 14.5 Å². The molecule has 0 heterocycles. The second-order valence-electron chi connectivity index (χ2n) is 8.17. The van der Waals surface area contributed by atoms with Crippen LogP contribution in [0.15, 0.2) is 23.3 Å². The number of hydrogen-bond acceptors (Lipinski definition) is 5. The number of carbonyl (C=O) groups is 1. The number of ether oxygens (including phenoxy) is 1. The van der Waals surface area contributed by atoms with E-state index in [2.05, 4.69) is 30.8 Å². The molecule has 0 radical (unpaired) electrons. The molecule has 0 aliphatic heterocycles. The maximum absolute atomic E-state index is 12.5. The summed E-state index contributed by atoms with van der Waals surface area (Å²) < 4.78 is 5.65. The zero-order chi connectivity index (χ0) is 19.4. The highest BCUT2D eigenvalue weighted by molar-refractivity contribution is 5.91. The van der Waals surface area contributed by atoms with Crippen LogP contribution in [0.2, 0.25) is 0 Å². The lowest BCUT2D eigenvalue weighted by molar-refractivity contribution is -0.384. The summed E-state index contributed by atoms with van der Waals surface area (Å²) in [5.41, 5.74) is 7.61. The van der Waals surface area contributed by atoms with Crippen LogP contribution >= 0.6 is 0 Å². The molecular formula is C17H24N4O4. The monoisotopic (exact) mass is 348 g/mol. The summed E-state index contributed by atoms with van der Waals surface area (Å²) >= 11 is 0. The van der Waals surface area contributed by atoms with Gasteiger partial charge in [0.05, 0.1) is 10.5 Å². The van der Waals surface area contributed by atoms with E-state index in [9.17, 15) is 14.9 Å². The van der Waals surface area contributed by atoms with Crippen LogP contribution < -0.4 is 0 Å². The number of esters is 1. The third-order valence-corrected chi connectivity index (χ3v) is 3.57. The number of nitro benzene ring substituents is 1. The van der Waals surface area contributed by atoms with E-state index in [1.165, 1.54) is 12.1 Å². The molecule has 1 rings (SSSR count). The van der Waals surface area contributed by atoms with Gasteiger partial charge in [0.2, 0.25) is 0 Å². The van der Waals surface area contributed by atoms with E-state index >= 15 is 0 Å². The van der Waals surface area contributed by atoms with Crippen molar-refractivity contribution in [2.45, 2.75) is 54.1 Å². The second kappa shape index (κ2) is 7.53. The topological polar surface area (TPSA) is 118 Å². The molecule has 8 heteroatoms. The van der Waals surface area contributed by atoms with Gasteiger partial charge in [-0.3, -0.25) is 10.1 Å². The highest BCUT2D eigenvalue weighted by Gasteiger charge is 2.33. The lowest BCUT2D eigenvalue weighted by Crippen LogP contribution is -2.35. The molecule has 25 heavy (non-hydrogen) atoms. The lowest BCUT2D eigenvalue weighted by atomic mass is 9.78. The molecule has 0 saturated heterocycles. The summed E-state index contributed by atoms with van der Waals surface area (Å²) in [6.45, 7) is 12.1. The summed E-state index contributed by atoms with van der Waals surface area (Å²) in [5, 5.41) is 14.4. The molecule has 0 spiro atoms. The van der Waals surface area contributed by atoms with E-state index in [1.807, 2.05) is 20.8 Å². The molecule has 0 amide bonds. The number of azide groups is 1. The minimum absolute atomic E-state index is 0.0460. The fourth-order valence-electron chi connectivity index (χ4n) is 2.21. The van der Waals surface area contributed by atoms with Crippen molar-refractivity contribution in [1.29, 1.82) is 0 Å². The lowest BCUT2D eigenvalue weighted by Gasteiger charge is -2.35. The predicted octanol–water partition coefficient (Wildman–Crippen LogP) is 5.54. The number of rotatable bonds is 5. The fraction of sp³-hybridized carbons (Fsp3) is 0.588. The van der Waals surface area contributed by atoms with Gasteiger partial charge in [-0.05, 0) is 34.9 Å². The van der Waals surface area contributed by atoms with Gasteiger partial charge in [0.25, 0.3) is 5.69 Å². The SMILES string of the molecule is CC(C)(C)CC(OC(=O)c1ccc(N=[N+]=[N-])c([N+](=O)[O-])c1)C(C)(C)C. The van der Waals surface area contributed by atoms with Gasteiger partial charge in [-0.25, -0.2) is 4.79 Å². The first-order valence-electron chi connectivity index (χ1n) is 7.89. The maximum Gasteiger partial charge on any atom is 0.338 e. The Hall–Kier alpha value is -2.60. The van der Waals surface area contributed by atoms with E-state index in [-0.39, 0.29) is 28.2 Å². The number of hydrogen-bond donors (Lipinski definition) is 0. The van der Waals surface area contributed by atoms with Crippen LogP contribution in [-0.2, 0) is 4.74 Å². The maximum atomic E-state index is 12.5. The van der Waals surface area contributed by atoms with Crippen LogP contribution in [0.1, 0.15) is 58.3 Å². The van der Waals surface area contributed by atoms with Gasteiger partial charge in [-0.2, -0.15) is 0 Å². The van der Waals surface area contributed by atoms with Gasteiger partial charge in [-0.15, -0.1) is 0 Å². The van der Waals surface area contributed by atoms with Gasteiger partial charge >= 0.3 is 5.97 Å². The summed E-state index contributed by atoms with van der Waals surface area (Å²) in [6.07, 6.45) is 0.303. The number of nitrogens with zero attached hydrogens (tertiary/aromatic N) is 4. The summed E-state index contributed by atoms with van der Waals surface area (Å²) in [4.78, 5) is 25.4. The highest BCUT2D eigenvalue weighted by Crippen LogP contribution is 2.34. The van der Waals surface area contributed by atoms with Crippen molar-refractivity contribution in [3.63, 3.8) is 0 Å². The van der Waals surface area contributed by atoms with E-state index in [0.717, 1.165) is 6.07 Å². The van der Waals surface area contributed by atoms with Crippen molar-refractivity contribution in [1.82, 2.24) is 0 Å². The first-order chi connectivity index (χ1) is 11.3. The number of benzene rings is 1. The van der Waals surface area contributed by atoms with Crippen molar-refractivity contribution in [2.24, 2.45) is 15.9 Å². The minimum Gasteiger partial charge on any atom is -0.458 e. The normalized spacial score (nSPS) is 12.9. The fourth-order valence-corrected chi connectivity index (χ4v) is 2.21. The molecule has 8 nitrogen and oxygen atoms in total. The first kappa shape index (κ1) is 20.4. The molecular weight excluding hydrogens is 324 g/mol. The Kier molecular flexibility index (Phi) is 6.15. The quantitative estimate of drug-likeness (QED) is 0.173. The number of carbonyl (C=O) groups excluding carboxylic acids is 1. The third kappa shape index (κ3) is 6.08. The van der Waals surface area contributed by atoms with Crippen molar-refractivity contribution in [2.75, 3.05) is 0 Å². The third-order valence-electron chi connectivity index (χ3n) is 3.57. The van der Waals surface area contributed by atoms with Crippen LogP contribution in [0.3, 0.4) is 0 Å². The van der Waals surface area contributed by atoms with Gasteiger partial charge in [0, 0.05) is 11.0 Å². The van der Waals surface area contributed by atoms with Crippen LogP contribution in [-0.4, -0.2) is 17.0 Å². The van der Waals surface area contributed by atoms with E-state index in [0.29, 0.717) is 6.42 Å². The predicted molar refractivity (Wildman–Crippen MR) is 94.6 cm³/mol. The van der Waals surface area contributed by atoms with Crippen LogP contribution in [0.5, 0.6) is 0 Å². The van der Waals surface area contributed by atoms with Gasteiger partial charge in [0.1, 0.15) is 11.8 Å². The molecule has 0 saturated carbocycles. The summed E-state index contributed by atoms with van der Waals surface area (Å²) in [5.74, 6) is -0.639. The van der Waals surface area contributed by atoms with Crippen molar-refractivity contribution in [3.05, 3.63) is 44.3 Å². The molecule has 0 aromatic heterocycles. The Morgan fingerprint density at radius 2 is 1.92 bits per heavy atom. The smallest absolute Gasteiger partial charge is 0.338 e. The zero-order valence-electron chi connectivity index (χ0n) is 15.4. The number of nitro groups is 1. The standard InChI is InChI=1S/C17H24N4O4/c1-16(2,3)10-14(17(4,5)6)25-15(22)11-7-8-12(19-20-18)13(9-11)21(23)24/h7-9,14H,10H2,1-6H3. The molecule has 0 aliphatic rings. The molecule has 0 aliphatic carbocycles. The minimum atomic E-state index is -0.697. The molecule has 1 unspecified atom stereocenters. The molecule has 0 N–H and O–H groups in total. The summed E-state index contributed by atoms with van der Waals surface area (Å²) in [6, 6.07) is 3.67. The Bertz CT molecular complexity index is 710. The largest absolute Gasteiger partial charge is 0.458 e. The molecule has 0 bridgehead atoms. The van der Waals surface area contributed by atoms with Crippen molar-refractivity contribution >= 4 is 17.3 Å². The summed E-state index contributed by atoms with van der Waals surface area (Å²) in [7, 11) is 0. The molecule has 136 valence electrons. The van der Waals surface area contributed by atoms with E-state index in [4.69, 9.17) is 10.3 Å². The highest BCUT2D eigenvalue weighted by atomic mass is 16.6. The van der Waals surface area contributed by atoms with Crippen molar-refractivity contribution in [3.8, 4) is 0 Å². The van der Waals surface area contributed by atoms with Gasteiger partial charge in [-0.1, -0.05) is 46.7 Å². The van der Waals surface area contributed by atoms with Crippen LogP contribution in [0.4, 0.5) is 11.4 Å². The molecule has 1 aromatic rings. The molecule has 0 fully saturated rings. The Balaban J connectivity index is 3.15. The average Bonchev–Trinajstić information content (AvgIpc) is 2.44. The van der Waals surface area contributed by atoms with Crippen LogP contribution in [0, 0.1) is 20.9 Å². The first-order valence-corrected chi connectivity index (χ1v) is 7.89. The molecule has 1 aromatic carbocycles. The second-order valence-corrected chi connectivity index (χ2v) is 8.17. The Morgan fingerprint density at radius 1 is 1.32 bits per heavy atom. The molecule has 1 atom stereocenters. The Morgan fingerprint density at radius 3 is 2.36 bits per heavy atom. The zero-order valence-corrected chi connectivity index (χ0v) is 15.4. The van der Waals surface area contributed by atoms with E-state index in [1.54, 1.807) is 0 Å². The van der Waals surface area contributed by atoms with Gasteiger partial charge < -0.3 is 4.74 Å². The Labute approximate surface area is 147 Å². The van der Waals surface area contributed by atoms with E-state index < -0.39 is 16.6 Å². The van der Waals surface area contributed by atoms with Crippen LogP contribution in [0.25, 0.3) is 10.4 Å².